The molecule has 1 fully saturated rings. The number of nitrogens with one attached hydrogen (secondary N) is 2. The molecule has 0 bridgehead atoms. The molecule has 0 saturated heterocycles. The van der Waals surface area contributed by atoms with E-state index in [4.69, 9.17) is 0 Å². The summed E-state index contributed by atoms with van der Waals surface area (Å²) in [6.07, 6.45) is 4.41. The second kappa shape index (κ2) is 6.23. The van der Waals surface area contributed by atoms with Crippen molar-refractivity contribution >= 4 is 29.9 Å². The van der Waals surface area contributed by atoms with E-state index in [2.05, 4.69) is 27.6 Å². The zero-order chi connectivity index (χ0) is 11.5. The number of aryl methyl sites for hydroxylation is 1. The van der Waals surface area contributed by atoms with Gasteiger partial charge in [-0.25, -0.2) is 0 Å². The Kier molecular flexibility index (Phi) is 5.23. The summed E-state index contributed by atoms with van der Waals surface area (Å²) in [5.74, 6) is 0.880. The highest BCUT2D eigenvalue weighted by atomic mass is 127. The lowest BCUT2D eigenvalue weighted by Gasteiger charge is -2.10. The normalized spacial score (nSPS) is 15.4. The average Bonchev–Trinajstić information content (AvgIpc) is 3.04. The van der Waals surface area contributed by atoms with Gasteiger partial charge in [0.25, 0.3) is 0 Å². The van der Waals surface area contributed by atoms with Gasteiger partial charge in [-0.05, 0) is 19.8 Å². The average molecular weight is 349 g/mol. The van der Waals surface area contributed by atoms with Gasteiger partial charge in [0, 0.05) is 37.9 Å². The second-order valence-corrected chi connectivity index (χ2v) is 4.22. The molecule has 17 heavy (non-hydrogen) atoms. The van der Waals surface area contributed by atoms with E-state index >= 15 is 0 Å². The molecule has 1 aliphatic rings. The van der Waals surface area contributed by atoms with Crippen LogP contribution in [0.15, 0.2) is 11.2 Å². The molecule has 0 radical (unpaired) electrons. The quantitative estimate of drug-likeness (QED) is 0.490. The van der Waals surface area contributed by atoms with Crippen LogP contribution in [-0.4, -0.2) is 28.8 Å². The van der Waals surface area contributed by atoms with Crippen LogP contribution in [-0.2, 0) is 13.6 Å². The molecule has 1 aromatic heterocycles. The van der Waals surface area contributed by atoms with Crippen LogP contribution in [0.25, 0.3) is 0 Å². The molecule has 1 aromatic rings. The molecule has 0 atom stereocenters. The summed E-state index contributed by atoms with van der Waals surface area (Å²) in [4.78, 5) is 4.19. The third-order valence-corrected chi connectivity index (χ3v) is 2.92. The van der Waals surface area contributed by atoms with Gasteiger partial charge >= 0.3 is 0 Å². The molecule has 2 rings (SSSR count). The molecule has 0 unspecified atom stereocenters. The van der Waals surface area contributed by atoms with Crippen molar-refractivity contribution in [1.82, 2.24) is 20.4 Å². The monoisotopic (exact) mass is 349 g/mol. The number of halogens is 1. The smallest absolute Gasteiger partial charge is 0.191 e. The number of rotatable bonds is 3. The predicted octanol–water partition coefficient (Wildman–Crippen LogP) is 1.17. The van der Waals surface area contributed by atoms with Crippen LogP contribution in [0.1, 0.15) is 24.1 Å². The van der Waals surface area contributed by atoms with Crippen molar-refractivity contribution in [2.45, 2.75) is 32.4 Å². The third kappa shape index (κ3) is 3.86. The Morgan fingerprint density at radius 2 is 2.29 bits per heavy atom. The molecule has 0 amide bonds. The van der Waals surface area contributed by atoms with Crippen LogP contribution in [0, 0.1) is 6.92 Å². The van der Waals surface area contributed by atoms with Crippen molar-refractivity contribution in [1.29, 1.82) is 0 Å². The van der Waals surface area contributed by atoms with Gasteiger partial charge in [0.15, 0.2) is 5.96 Å². The summed E-state index contributed by atoms with van der Waals surface area (Å²) in [5.41, 5.74) is 2.40. The van der Waals surface area contributed by atoms with Gasteiger partial charge in [-0.15, -0.1) is 24.0 Å². The first-order valence-electron chi connectivity index (χ1n) is 5.65. The number of guanidine groups is 1. The highest BCUT2D eigenvalue weighted by molar-refractivity contribution is 14.0. The lowest BCUT2D eigenvalue weighted by Crippen LogP contribution is -2.38. The number of hydrogen-bond donors (Lipinski definition) is 2. The number of aromatic nitrogens is 2. The van der Waals surface area contributed by atoms with Gasteiger partial charge in [0.1, 0.15) is 0 Å². The van der Waals surface area contributed by atoms with Crippen molar-refractivity contribution < 1.29 is 0 Å². The van der Waals surface area contributed by atoms with E-state index in [0.717, 1.165) is 12.5 Å². The Labute approximate surface area is 119 Å². The molecular weight excluding hydrogens is 329 g/mol. The van der Waals surface area contributed by atoms with E-state index < -0.39 is 0 Å². The van der Waals surface area contributed by atoms with Gasteiger partial charge < -0.3 is 10.6 Å². The summed E-state index contributed by atoms with van der Waals surface area (Å²) in [5, 5.41) is 10.9. The van der Waals surface area contributed by atoms with Crippen molar-refractivity contribution in [3.63, 3.8) is 0 Å². The second-order valence-electron chi connectivity index (χ2n) is 4.22. The Balaban J connectivity index is 0.00000144. The first-order valence-corrected chi connectivity index (χ1v) is 5.65. The van der Waals surface area contributed by atoms with Crippen LogP contribution < -0.4 is 10.6 Å². The Bertz CT molecular complexity index is 395. The lowest BCUT2D eigenvalue weighted by molar-refractivity contribution is 0.734. The van der Waals surface area contributed by atoms with Crippen LogP contribution in [0.5, 0.6) is 0 Å². The molecule has 96 valence electrons. The van der Waals surface area contributed by atoms with Crippen LogP contribution in [0.2, 0.25) is 0 Å². The fourth-order valence-corrected chi connectivity index (χ4v) is 1.51. The fourth-order valence-electron chi connectivity index (χ4n) is 1.51. The minimum absolute atomic E-state index is 0. The molecular formula is C11H20IN5. The van der Waals surface area contributed by atoms with Crippen molar-refractivity contribution in [3.05, 3.63) is 17.5 Å². The molecule has 1 heterocycles. The van der Waals surface area contributed by atoms with E-state index in [1.165, 1.54) is 24.1 Å². The van der Waals surface area contributed by atoms with E-state index in [0.29, 0.717) is 6.04 Å². The fraction of sp³-hybridized carbons (Fsp3) is 0.636. The summed E-state index contributed by atoms with van der Waals surface area (Å²) in [6.45, 7) is 2.84. The first kappa shape index (κ1) is 14.3. The maximum absolute atomic E-state index is 4.21. The minimum atomic E-state index is 0. The molecule has 0 aliphatic heterocycles. The van der Waals surface area contributed by atoms with Crippen LogP contribution in [0.3, 0.4) is 0 Å². The predicted molar refractivity (Wildman–Crippen MR) is 79.7 cm³/mol. The standard InChI is InChI=1S/C11H19N5.HI/c1-8-9(7-14-16(8)3)6-13-11(12-2)15-10-4-5-10;/h7,10H,4-6H2,1-3H3,(H2,12,13,15);1H. The van der Waals surface area contributed by atoms with Gasteiger partial charge in [-0.2, -0.15) is 5.10 Å². The van der Waals surface area contributed by atoms with Gasteiger partial charge in [-0.1, -0.05) is 0 Å². The van der Waals surface area contributed by atoms with Gasteiger partial charge in [0.2, 0.25) is 0 Å². The lowest BCUT2D eigenvalue weighted by atomic mass is 10.2. The zero-order valence-corrected chi connectivity index (χ0v) is 12.9. The minimum Gasteiger partial charge on any atom is -0.354 e. The maximum atomic E-state index is 4.21. The number of hydrogen-bond acceptors (Lipinski definition) is 2. The summed E-state index contributed by atoms with van der Waals surface area (Å²) in [7, 11) is 3.75. The topological polar surface area (TPSA) is 54.2 Å². The summed E-state index contributed by atoms with van der Waals surface area (Å²) >= 11 is 0. The van der Waals surface area contributed by atoms with Crippen molar-refractivity contribution in [2.75, 3.05) is 7.05 Å². The highest BCUT2D eigenvalue weighted by Gasteiger charge is 2.22. The Morgan fingerprint density at radius 1 is 1.59 bits per heavy atom. The number of aliphatic imine (C=N–C) groups is 1. The Morgan fingerprint density at radius 3 is 2.76 bits per heavy atom. The number of nitrogens with zero attached hydrogens (tertiary/aromatic N) is 3. The molecule has 2 N–H and O–H groups in total. The van der Waals surface area contributed by atoms with Gasteiger partial charge in [-0.3, -0.25) is 9.67 Å². The molecule has 5 nitrogen and oxygen atoms in total. The van der Waals surface area contributed by atoms with E-state index in [1.807, 2.05) is 17.9 Å². The van der Waals surface area contributed by atoms with Crippen LogP contribution >= 0.6 is 24.0 Å². The summed E-state index contributed by atoms with van der Waals surface area (Å²) < 4.78 is 1.88. The maximum Gasteiger partial charge on any atom is 0.191 e. The highest BCUT2D eigenvalue weighted by Crippen LogP contribution is 2.18. The summed E-state index contributed by atoms with van der Waals surface area (Å²) in [6, 6.07) is 0.626. The molecule has 6 heteroatoms. The van der Waals surface area contributed by atoms with Crippen LogP contribution in [0.4, 0.5) is 0 Å². The Hall–Kier alpha value is -0.790. The van der Waals surface area contributed by atoms with E-state index in [9.17, 15) is 0 Å². The van der Waals surface area contributed by atoms with E-state index in [1.54, 1.807) is 7.05 Å². The SMILES string of the molecule is CN=C(NCc1cnn(C)c1C)NC1CC1.I. The molecule has 1 saturated carbocycles. The molecule has 0 aromatic carbocycles. The van der Waals surface area contributed by atoms with Crippen molar-refractivity contribution in [3.8, 4) is 0 Å². The zero-order valence-electron chi connectivity index (χ0n) is 10.5. The molecule has 1 aliphatic carbocycles. The van der Waals surface area contributed by atoms with Gasteiger partial charge in [0.05, 0.1) is 6.20 Å². The third-order valence-electron chi connectivity index (χ3n) is 2.92. The first-order chi connectivity index (χ1) is 7.70. The molecule has 0 spiro atoms. The largest absolute Gasteiger partial charge is 0.354 e. The van der Waals surface area contributed by atoms with E-state index in [-0.39, 0.29) is 24.0 Å². The van der Waals surface area contributed by atoms with Crippen molar-refractivity contribution in [2.24, 2.45) is 12.0 Å².